The Morgan fingerprint density at radius 3 is 2.22 bits per heavy atom. The molecular formula is C16H28N2O5. The van der Waals surface area contributed by atoms with Crippen molar-refractivity contribution in [3.05, 3.63) is 12.3 Å². The molecule has 0 aromatic heterocycles. The lowest BCUT2D eigenvalue weighted by Gasteiger charge is -2.26. The van der Waals surface area contributed by atoms with Crippen LogP contribution in [0.3, 0.4) is 0 Å². The van der Waals surface area contributed by atoms with Gasteiger partial charge in [-0.3, -0.25) is 9.59 Å². The number of aliphatic hydroxyl groups excluding tert-OH is 1. The van der Waals surface area contributed by atoms with Crippen molar-refractivity contribution in [3.63, 3.8) is 0 Å². The molecule has 0 spiro atoms. The second kappa shape index (κ2) is 7.79. The van der Waals surface area contributed by atoms with Crippen molar-refractivity contribution in [1.82, 2.24) is 9.80 Å². The van der Waals surface area contributed by atoms with Gasteiger partial charge in [0.25, 0.3) is 11.8 Å². The first-order valence-corrected chi connectivity index (χ1v) is 7.73. The van der Waals surface area contributed by atoms with E-state index in [4.69, 9.17) is 4.74 Å². The molecule has 2 N–H and O–H groups in total. The van der Waals surface area contributed by atoms with Crippen LogP contribution in [0.25, 0.3) is 0 Å². The number of rotatable bonds is 6. The molecule has 7 nitrogen and oxygen atoms in total. The molecule has 132 valence electrons. The summed E-state index contributed by atoms with van der Waals surface area (Å²) >= 11 is 0. The normalized spacial score (nSPS) is 26.8. The molecular weight excluding hydrogens is 300 g/mol. The van der Waals surface area contributed by atoms with Gasteiger partial charge in [-0.15, -0.1) is 0 Å². The average molecular weight is 328 g/mol. The highest BCUT2D eigenvalue weighted by Crippen LogP contribution is 2.36. The molecule has 1 aliphatic rings. The van der Waals surface area contributed by atoms with Crippen LogP contribution in [0.1, 0.15) is 26.2 Å². The van der Waals surface area contributed by atoms with Crippen LogP contribution in [0, 0.1) is 5.92 Å². The third kappa shape index (κ3) is 4.94. The summed E-state index contributed by atoms with van der Waals surface area (Å²) in [6.45, 7) is 1.77. The van der Waals surface area contributed by atoms with E-state index in [1.54, 1.807) is 13.0 Å². The molecule has 4 atom stereocenters. The van der Waals surface area contributed by atoms with Crippen molar-refractivity contribution in [2.75, 3.05) is 28.2 Å². The Bertz CT molecular complexity index is 459. The number of carbonyl (C=O) groups is 2. The molecule has 1 aliphatic carbocycles. The van der Waals surface area contributed by atoms with Gasteiger partial charge in [-0.05, 0) is 32.3 Å². The van der Waals surface area contributed by atoms with Crippen LogP contribution in [0.15, 0.2) is 12.3 Å². The predicted molar refractivity (Wildman–Crippen MR) is 85.4 cm³/mol. The van der Waals surface area contributed by atoms with Gasteiger partial charge in [0.05, 0.1) is 11.9 Å². The summed E-state index contributed by atoms with van der Waals surface area (Å²) in [7, 11) is 6.04. The minimum atomic E-state index is -1.59. The average Bonchev–Trinajstić information content (AvgIpc) is 2.80. The van der Waals surface area contributed by atoms with Gasteiger partial charge in [-0.1, -0.05) is 0 Å². The zero-order valence-electron chi connectivity index (χ0n) is 14.5. The first kappa shape index (κ1) is 19.4. The molecule has 0 aromatic carbocycles. The van der Waals surface area contributed by atoms with Gasteiger partial charge in [0.15, 0.2) is 6.10 Å². The molecule has 1 saturated carbocycles. The standard InChI is InChI=1S/C16H28N2O5/c1-16(22)9-6-7-11(16)8-10-23-13(15(21)18(4)5)12(19)14(20)17(2)3/h8,10-13,19,22H,6-7,9H2,1-5H3/b10-8+/t11-,12-,13-,16-/m1/s1. The number of hydrogen-bond acceptors (Lipinski definition) is 5. The van der Waals surface area contributed by atoms with Crippen LogP contribution < -0.4 is 0 Å². The second-order valence-corrected chi connectivity index (χ2v) is 6.65. The molecule has 0 bridgehead atoms. The zero-order valence-corrected chi connectivity index (χ0v) is 14.5. The van der Waals surface area contributed by atoms with E-state index < -0.39 is 29.6 Å². The quantitative estimate of drug-likeness (QED) is 0.669. The Balaban J connectivity index is 2.81. The van der Waals surface area contributed by atoms with E-state index >= 15 is 0 Å². The summed E-state index contributed by atoms with van der Waals surface area (Å²) < 4.78 is 5.37. The fourth-order valence-electron chi connectivity index (χ4n) is 2.62. The van der Waals surface area contributed by atoms with Crippen LogP contribution >= 0.6 is 0 Å². The molecule has 0 radical (unpaired) electrons. The van der Waals surface area contributed by atoms with Gasteiger partial charge in [-0.25, -0.2) is 0 Å². The maximum Gasteiger partial charge on any atom is 0.266 e. The number of likely N-dealkylation sites (N-methyl/N-ethyl adjacent to an activating group) is 2. The van der Waals surface area contributed by atoms with Crippen LogP contribution in [-0.4, -0.2) is 77.8 Å². The largest absolute Gasteiger partial charge is 0.485 e. The lowest BCUT2D eigenvalue weighted by molar-refractivity contribution is -0.155. The summed E-state index contributed by atoms with van der Waals surface area (Å²) in [5.74, 6) is -1.18. The molecule has 0 aliphatic heterocycles. The Hall–Kier alpha value is -1.60. The minimum absolute atomic E-state index is 0.0701. The summed E-state index contributed by atoms with van der Waals surface area (Å²) in [6, 6.07) is 0. The van der Waals surface area contributed by atoms with Gasteiger partial charge < -0.3 is 24.7 Å². The van der Waals surface area contributed by atoms with Crippen molar-refractivity contribution in [3.8, 4) is 0 Å². The number of amides is 2. The maximum absolute atomic E-state index is 12.2. The molecule has 0 unspecified atom stereocenters. The highest BCUT2D eigenvalue weighted by Gasteiger charge is 2.37. The van der Waals surface area contributed by atoms with Gasteiger partial charge in [0.1, 0.15) is 0 Å². The topological polar surface area (TPSA) is 90.3 Å². The van der Waals surface area contributed by atoms with Gasteiger partial charge in [-0.2, -0.15) is 0 Å². The Labute approximate surface area is 137 Å². The Morgan fingerprint density at radius 2 is 1.78 bits per heavy atom. The second-order valence-electron chi connectivity index (χ2n) is 6.65. The zero-order chi connectivity index (χ0) is 17.8. The van der Waals surface area contributed by atoms with E-state index in [1.807, 2.05) is 0 Å². The molecule has 0 heterocycles. The van der Waals surface area contributed by atoms with E-state index in [0.29, 0.717) is 6.42 Å². The predicted octanol–water partition coefficient (Wildman–Crippen LogP) is -0.0263. The summed E-state index contributed by atoms with van der Waals surface area (Å²) in [5.41, 5.74) is -0.793. The molecule has 0 aromatic rings. The third-order valence-electron chi connectivity index (χ3n) is 4.20. The summed E-state index contributed by atoms with van der Waals surface area (Å²) in [6.07, 6.45) is 2.56. The summed E-state index contributed by atoms with van der Waals surface area (Å²) in [5, 5.41) is 20.3. The fraction of sp³-hybridized carbons (Fsp3) is 0.750. The van der Waals surface area contributed by atoms with E-state index in [0.717, 1.165) is 12.8 Å². The molecule has 1 fully saturated rings. The van der Waals surface area contributed by atoms with Crippen LogP contribution in [0.2, 0.25) is 0 Å². The number of ether oxygens (including phenoxy) is 1. The molecule has 0 saturated heterocycles. The van der Waals surface area contributed by atoms with E-state index in [-0.39, 0.29) is 5.92 Å². The van der Waals surface area contributed by atoms with Crippen molar-refractivity contribution >= 4 is 11.8 Å². The van der Waals surface area contributed by atoms with Crippen LogP contribution in [-0.2, 0) is 14.3 Å². The van der Waals surface area contributed by atoms with E-state index in [2.05, 4.69) is 0 Å². The first-order valence-electron chi connectivity index (χ1n) is 7.73. The minimum Gasteiger partial charge on any atom is -0.485 e. The number of aliphatic hydroxyl groups is 2. The maximum atomic E-state index is 12.2. The van der Waals surface area contributed by atoms with E-state index in [9.17, 15) is 19.8 Å². The lowest BCUT2D eigenvalue weighted by atomic mass is 9.93. The van der Waals surface area contributed by atoms with Crippen molar-refractivity contribution < 1.29 is 24.5 Å². The molecule has 23 heavy (non-hydrogen) atoms. The Kier molecular flexibility index (Phi) is 6.58. The molecule has 7 heteroatoms. The van der Waals surface area contributed by atoms with Crippen molar-refractivity contribution in [2.24, 2.45) is 5.92 Å². The van der Waals surface area contributed by atoms with Crippen molar-refractivity contribution in [1.29, 1.82) is 0 Å². The third-order valence-corrected chi connectivity index (χ3v) is 4.20. The van der Waals surface area contributed by atoms with Gasteiger partial charge in [0.2, 0.25) is 6.10 Å². The molecule has 1 rings (SSSR count). The molecule has 2 amide bonds. The van der Waals surface area contributed by atoms with Crippen LogP contribution in [0.4, 0.5) is 0 Å². The van der Waals surface area contributed by atoms with Crippen LogP contribution in [0.5, 0.6) is 0 Å². The SMILES string of the molecule is CN(C)C(=O)[C@H](O)[C@@H](O/C=C/[C@H]1CCC[C@@]1(C)O)C(=O)N(C)C. The first-order chi connectivity index (χ1) is 10.6. The van der Waals surface area contributed by atoms with E-state index in [1.165, 1.54) is 44.3 Å². The van der Waals surface area contributed by atoms with Crippen molar-refractivity contribution in [2.45, 2.75) is 44.0 Å². The highest BCUT2D eigenvalue weighted by molar-refractivity contribution is 5.90. The monoisotopic (exact) mass is 328 g/mol. The number of carbonyl (C=O) groups excluding carboxylic acids is 2. The number of nitrogens with zero attached hydrogens (tertiary/aromatic N) is 2. The van der Waals surface area contributed by atoms with Gasteiger partial charge >= 0.3 is 0 Å². The highest BCUT2D eigenvalue weighted by atomic mass is 16.5. The summed E-state index contributed by atoms with van der Waals surface area (Å²) in [4.78, 5) is 26.5. The fourth-order valence-corrected chi connectivity index (χ4v) is 2.62. The Morgan fingerprint density at radius 1 is 1.22 bits per heavy atom. The lowest BCUT2D eigenvalue weighted by Crippen LogP contribution is -2.49. The number of hydrogen-bond donors (Lipinski definition) is 2. The van der Waals surface area contributed by atoms with Gasteiger partial charge in [0, 0.05) is 34.1 Å². The smallest absolute Gasteiger partial charge is 0.266 e.